The molecule has 0 atom stereocenters. The number of halogens is 2. The predicted octanol–water partition coefficient (Wildman–Crippen LogP) is 18.4. The number of hydrogen-bond acceptors (Lipinski definition) is 2. The van der Waals surface area contributed by atoms with Gasteiger partial charge in [0.25, 0.3) is 0 Å². The number of fused-ring (bicyclic) bond motifs is 6. The smallest absolute Gasteiger partial charge is 0.123 e. The van der Waals surface area contributed by atoms with E-state index < -0.39 is 0 Å². The molecular weight excluding hydrogens is 887 g/mol. The number of aromatic nitrogens is 2. The molecule has 2 heterocycles. The second-order valence-electron chi connectivity index (χ2n) is 18.1. The van der Waals surface area contributed by atoms with Crippen LogP contribution in [0.4, 0.5) is 42.9 Å². The van der Waals surface area contributed by atoms with Crippen molar-refractivity contribution in [1.82, 2.24) is 9.13 Å². The third-order valence-electron chi connectivity index (χ3n) is 13.8. The van der Waals surface area contributed by atoms with Gasteiger partial charge in [-0.15, -0.1) is 0 Å². The molecule has 0 amide bonds. The van der Waals surface area contributed by atoms with E-state index in [0.29, 0.717) is 0 Å². The van der Waals surface area contributed by atoms with Crippen LogP contribution in [-0.2, 0) is 0 Å². The van der Waals surface area contributed by atoms with Gasteiger partial charge in [0.2, 0.25) is 0 Å². The lowest BCUT2D eigenvalue weighted by Gasteiger charge is -2.26. The largest absolute Gasteiger partial charge is 0.310 e. The minimum absolute atomic E-state index is 0.256. The summed E-state index contributed by atoms with van der Waals surface area (Å²) in [7, 11) is 0. The number of para-hydroxylation sites is 4. The highest BCUT2D eigenvalue weighted by Gasteiger charge is 2.20. The van der Waals surface area contributed by atoms with E-state index in [0.717, 1.165) is 111 Å². The molecule has 0 saturated heterocycles. The summed E-state index contributed by atoms with van der Waals surface area (Å²) < 4.78 is 32.5. The third-order valence-corrected chi connectivity index (χ3v) is 13.8. The van der Waals surface area contributed by atoms with Gasteiger partial charge in [0, 0.05) is 67.0 Å². The van der Waals surface area contributed by atoms with E-state index in [-0.39, 0.29) is 11.6 Å². The van der Waals surface area contributed by atoms with Crippen molar-refractivity contribution in [3.63, 3.8) is 0 Å². The van der Waals surface area contributed by atoms with Crippen LogP contribution in [-0.4, -0.2) is 9.13 Å². The lowest BCUT2D eigenvalue weighted by atomic mass is 9.98. The Morgan fingerprint density at radius 2 is 0.597 bits per heavy atom. The fraction of sp³-hybridized carbons (Fsp3) is 0. The Bertz CT molecular complexity index is 4110. The topological polar surface area (TPSA) is 16.3 Å². The molecule has 0 radical (unpaired) electrons. The Labute approximate surface area is 415 Å². The number of rotatable bonds is 10. The first kappa shape index (κ1) is 42.6. The lowest BCUT2D eigenvalue weighted by Crippen LogP contribution is -2.10. The Balaban J connectivity index is 0.849. The van der Waals surface area contributed by atoms with Crippen LogP contribution in [0, 0.1) is 11.6 Å². The number of nitrogens with zero attached hydrogens (tertiary/aromatic N) is 4. The van der Waals surface area contributed by atoms with Crippen LogP contribution in [0.15, 0.2) is 267 Å². The van der Waals surface area contributed by atoms with Crippen molar-refractivity contribution < 1.29 is 8.78 Å². The summed E-state index contributed by atoms with van der Waals surface area (Å²) in [5.41, 5.74) is 16.7. The third kappa shape index (κ3) is 7.54. The average Bonchev–Trinajstić information content (AvgIpc) is 3.95. The van der Waals surface area contributed by atoms with Crippen LogP contribution in [0.2, 0.25) is 0 Å². The molecule has 0 aliphatic rings. The molecule has 4 nitrogen and oxygen atoms in total. The molecule has 2 aromatic heterocycles. The Morgan fingerprint density at radius 3 is 1.11 bits per heavy atom. The SMILES string of the molecule is Fc1ccc(-n2c3ccccc3c3cc(N(c4ccccc4)c4ccc(-c5cccc(-c6cccc(N(c7ccccc7)c7ccc8c(c7)c7ccccc7n8-c7ccc(F)cc7)c6)c5)cc4)ccc32)cc1. The zero-order valence-electron chi connectivity index (χ0n) is 38.9. The number of anilines is 6. The van der Waals surface area contributed by atoms with Gasteiger partial charge in [-0.2, -0.15) is 0 Å². The molecule has 0 spiro atoms. The quantitative estimate of drug-likeness (QED) is 0.136. The van der Waals surface area contributed by atoms with Crippen molar-refractivity contribution >= 4 is 77.7 Å². The van der Waals surface area contributed by atoms with Crippen molar-refractivity contribution in [2.24, 2.45) is 0 Å². The zero-order valence-corrected chi connectivity index (χ0v) is 38.9. The Hall–Kier alpha value is -9.52. The average molecular weight is 931 g/mol. The molecule has 342 valence electrons. The van der Waals surface area contributed by atoms with Crippen LogP contribution in [0.3, 0.4) is 0 Å². The molecule has 13 aromatic rings. The molecule has 72 heavy (non-hydrogen) atoms. The van der Waals surface area contributed by atoms with Gasteiger partial charge in [0.15, 0.2) is 0 Å². The van der Waals surface area contributed by atoms with E-state index in [1.807, 2.05) is 36.4 Å². The molecule has 0 unspecified atom stereocenters. The maximum absolute atomic E-state index is 14.1. The number of benzene rings is 11. The summed E-state index contributed by atoms with van der Waals surface area (Å²) >= 11 is 0. The van der Waals surface area contributed by atoms with Gasteiger partial charge >= 0.3 is 0 Å². The van der Waals surface area contributed by atoms with Crippen molar-refractivity contribution in [3.05, 3.63) is 279 Å². The van der Waals surface area contributed by atoms with Gasteiger partial charge < -0.3 is 18.9 Å². The van der Waals surface area contributed by atoms with E-state index in [9.17, 15) is 8.78 Å². The highest BCUT2D eigenvalue weighted by Crippen LogP contribution is 2.43. The van der Waals surface area contributed by atoms with Gasteiger partial charge in [-0.05, 0) is 174 Å². The second-order valence-corrected chi connectivity index (χ2v) is 18.1. The monoisotopic (exact) mass is 930 g/mol. The summed E-state index contributed by atoms with van der Waals surface area (Å²) in [4.78, 5) is 4.62. The zero-order chi connectivity index (χ0) is 48.1. The maximum Gasteiger partial charge on any atom is 0.123 e. The molecular formula is C66H44F2N4. The fourth-order valence-electron chi connectivity index (χ4n) is 10.5. The van der Waals surface area contributed by atoms with E-state index in [4.69, 9.17) is 0 Å². The summed E-state index contributed by atoms with van der Waals surface area (Å²) in [5, 5.41) is 4.49. The normalized spacial score (nSPS) is 11.5. The highest BCUT2D eigenvalue weighted by molar-refractivity contribution is 6.12. The van der Waals surface area contributed by atoms with Crippen LogP contribution in [0.25, 0.3) is 77.2 Å². The van der Waals surface area contributed by atoms with Crippen molar-refractivity contribution in [2.45, 2.75) is 0 Å². The van der Waals surface area contributed by atoms with Crippen molar-refractivity contribution in [1.29, 1.82) is 0 Å². The molecule has 0 aliphatic carbocycles. The van der Waals surface area contributed by atoms with Crippen LogP contribution >= 0.6 is 0 Å². The van der Waals surface area contributed by atoms with Gasteiger partial charge in [-0.3, -0.25) is 0 Å². The molecule has 0 bridgehead atoms. The Kier molecular flexibility index (Phi) is 10.5. The predicted molar refractivity (Wildman–Crippen MR) is 295 cm³/mol. The number of hydrogen-bond donors (Lipinski definition) is 0. The minimum Gasteiger partial charge on any atom is -0.310 e. The highest BCUT2D eigenvalue weighted by atomic mass is 19.1. The summed E-state index contributed by atoms with van der Waals surface area (Å²) in [5.74, 6) is -0.512. The summed E-state index contributed by atoms with van der Waals surface area (Å²) in [6, 6.07) is 90.8. The Morgan fingerprint density at radius 1 is 0.236 bits per heavy atom. The molecule has 11 aromatic carbocycles. The first-order valence-corrected chi connectivity index (χ1v) is 24.1. The van der Waals surface area contributed by atoms with E-state index in [1.54, 1.807) is 0 Å². The molecule has 0 aliphatic heterocycles. The summed E-state index contributed by atoms with van der Waals surface area (Å²) in [6.07, 6.45) is 0. The first-order chi connectivity index (χ1) is 35.5. The standard InChI is InChI=1S/C66H44F2N4/c67-49-27-33-54(34-28-49)71-63-23-9-7-21-59(63)61-43-57(37-39-65(61)71)69(51-16-3-1-4-17-51)53-31-25-45(26-32-53)46-13-11-14-47(41-46)48-15-12-20-56(42-48)70(52-18-5-2-6-19-52)58-38-40-66-62(44-58)60-22-8-10-24-64(60)72(66)55-35-29-50(68)30-36-55/h1-44H. The molecule has 0 N–H and O–H groups in total. The first-order valence-electron chi connectivity index (χ1n) is 24.1. The van der Waals surface area contributed by atoms with Gasteiger partial charge in [-0.25, -0.2) is 8.78 Å². The molecule has 0 fully saturated rings. The molecule has 13 rings (SSSR count). The maximum atomic E-state index is 14.1. The van der Waals surface area contributed by atoms with Crippen molar-refractivity contribution in [3.8, 4) is 33.6 Å². The van der Waals surface area contributed by atoms with Crippen molar-refractivity contribution in [2.75, 3.05) is 9.80 Å². The molecule has 0 saturated carbocycles. The lowest BCUT2D eigenvalue weighted by molar-refractivity contribution is 0.627. The van der Waals surface area contributed by atoms with E-state index in [2.05, 4.69) is 225 Å². The fourth-order valence-corrected chi connectivity index (χ4v) is 10.5. The van der Waals surface area contributed by atoms with Crippen LogP contribution in [0.1, 0.15) is 0 Å². The summed E-state index contributed by atoms with van der Waals surface area (Å²) in [6.45, 7) is 0. The van der Waals surface area contributed by atoms with E-state index >= 15 is 0 Å². The molecule has 6 heteroatoms. The van der Waals surface area contributed by atoms with Crippen LogP contribution in [0.5, 0.6) is 0 Å². The minimum atomic E-state index is -0.257. The van der Waals surface area contributed by atoms with Gasteiger partial charge in [0.1, 0.15) is 11.6 Å². The van der Waals surface area contributed by atoms with Crippen LogP contribution < -0.4 is 9.80 Å². The van der Waals surface area contributed by atoms with E-state index in [1.165, 1.54) is 24.3 Å². The van der Waals surface area contributed by atoms with Gasteiger partial charge in [0.05, 0.1) is 22.1 Å². The second kappa shape index (κ2) is 17.8. The van der Waals surface area contributed by atoms with Gasteiger partial charge in [-0.1, -0.05) is 115 Å².